The number of ether oxygens (including phenoxy) is 2. The van der Waals surface area contributed by atoms with E-state index < -0.39 is 0 Å². The number of carbonyl (C=O) groups excluding carboxylic acids is 1. The van der Waals surface area contributed by atoms with Crippen LogP contribution < -0.4 is 9.47 Å². The summed E-state index contributed by atoms with van der Waals surface area (Å²) in [6, 6.07) is 7.04. The predicted molar refractivity (Wildman–Crippen MR) is 66.8 cm³/mol. The van der Waals surface area contributed by atoms with Crippen LogP contribution in [0.4, 0.5) is 0 Å². The minimum Gasteiger partial charge on any atom is -0.497 e. The number of ketones is 1. The third kappa shape index (κ3) is 3.68. The van der Waals surface area contributed by atoms with Gasteiger partial charge in [-0.3, -0.25) is 4.79 Å². The molecule has 4 nitrogen and oxygen atoms in total. The van der Waals surface area contributed by atoms with Gasteiger partial charge < -0.3 is 9.47 Å². The maximum absolute atomic E-state index is 11.8. The lowest BCUT2D eigenvalue weighted by Gasteiger charge is -2.08. The normalized spacial score (nSPS) is 9.47. The van der Waals surface area contributed by atoms with E-state index in [1.807, 2.05) is 6.07 Å². The number of Topliss-reactive ketones (excluding diaryl/α,β-unsaturated/α-hetero) is 1. The molecule has 1 aromatic carbocycles. The zero-order chi connectivity index (χ0) is 12.7. The number of carbonyl (C=O) groups is 1. The first-order valence-electron chi connectivity index (χ1n) is 4.92. The molecular weight excluding hydrogens is 238 g/mol. The molecule has 1 aromatic rings. The van der Waals surface area contributed by atoms with Crippen molar-refractivity contribution in [1.29, 1.82) is 5.26 Å². The molecule has 0 radical (unpaired) electrons. The first-order valence-corrected chi connectivity index (χ1v) is 6.08. The van der Waals surface area contributed by atoms with Gasteiger partial charge in [0.25, 0.3) is 0 Å². The Kier molecular flexibility index (Phi) is 5.37. The van der Waals surface area contributed by atoms with E-state index in [1.54, 1.807) is 25.3 Å². The van der Waals surface area contributed by atoms with E-state index in [0.717, 1.165) is 0 Å². The van der Waals surface area contributed by atoms with Crippen molar-refractivity contribution >= 4 is 17.5 Å². The number of benzene rings is 1. The van der Waals surface area contributed by atoms with Crippen LogP contribution in [0.3, 0.4) is 0 Å². The maximum atomic E-state index is 11.8. The Hall–Kier alpha value is -1.67. The highest BCUT2D eigenvalue weighted by molar-refractivity contribution is 8.00. The number of methoxy groups -OCH3 is 2. The number of nitrogens with zero attached hydrogens (tertiary/aromatic N) is 1. The Morgan fingerprint density at radius 2 is 2.18 bits per heavy atom. The summed E-state index contributed by atoms with van der Waals surface area (Å²) in [5.74, 6) is 1.67. The van der Waals surface area contributed by atoms with Crippen molar-refractivity contribution in [3.63, 3.8) is 0 Å². The van der Waals surface area contributed by atoms with Crippen molar-refractivity contribution < 1.29 is 14.3 Å². The highest BCUT2D eigenvalue weighted by Gasteiger charge is 2.12. The summed E-state index contributed by atoms with van der Waals surface area (Å²) < 4.78 is 10.2. The SMILES string of the molecule is COc1ccc(C(=O)CSCC#N)c(OC)c1. The van der Waals surface area contributed by atoms with Gasteiger partial charge in [-0.2, -0.15) is 5.26 Å². The van der Waals surface area contributed by atoms with Crippen LogP contribution >= 0.6 is 11.8 Å². The number of nitriles is 1. The molecule has 0 N–H and O–H groups in total. The topological polar surface area (TPSA) is 59.3 Å². The summed E-state index contributed by atoms with van der Waals surface area (Å²) in [4.78, 5) is 11.8. The molecule has 5 heteroatoms. The summed E-state index contributed by atoms with van der Waals surface area (Å²) in [6.07, 6.45) is 0. The fraction of sp³-hybridized carbons (Fsp3) is 0.333. The van der Waals surface area contributed by atoms with Gasteiger partial charge in [-0.15, -0.1) is 11.8 Å². The molecule has 90 valence electrons. The van der Waals surface area contributed by atoms with Crippen LogP contribution in [0.15, 0.2) is 18.2 Å². The van der Waals surface area contributed by atoms with E-state index >= 15 is 0 Å². The quantitative estimate of drug-likeness (QED) is 0.572. The zero-order valence-electron chi connectivity index (χ0n) is 9.73. The summed E-state index contributed by atoms with van der Waals surface area (Å²) in [5.41, 5.74) is 0.513. The smallest absolute Gasteiger partial charge is 0.176 e. The lowest BCUT2D eigenvalue weighted by Crippen LogP contribution is -2.05. The third-order valence-corrected chi connectivity index (χ3v) is 2.91. The molecule has 0 saturated carbocycles. The van der Waals surface area contributed by atoms with Crippen molar-refractivity contribution in [3.8, 4) is 17.6 Å². The van der Waals surface area contributed by atoms with Crippen molar-refractivity contribution in [1.82, 2.24) is 0 Å². The van der Waals surface area contributed by atoms with Crippen molar-refractivity contribution in [2.24, 2.45) is 0 Å². The van der Waals surface area contributed by atoms with Gasteiger partial charge >= 0.3 is 0 Å². The zero-order valence-corrected chi connectivity index (χ0v) is 10.5. The first kappa shape index (κ1) is 13.4. The minimum atomic E-state index is -0.0512. The van der Waals surface area contributed by atoms with Gasteiger partial charge in [0.1, 0.15) is 11.5 Å². The van der Waals surface area contributed by atoms with Crippen LogP contribution in [0.25, 0.3) is 0 Å². The Morgan fingerprint density at radius 1 is 1.41 bits per heavy atom. The number of rotatable bonds is 6. The Balaban J connectivity index is 2.82. The molecule has 0 saturated heterocycles. The maximum Gasteiger partial charge on any atom is 0.176 e. The van der Waals surface area contributed by atoms with Gasteiger partial charge in [0.2, 0.25) is 0 Å². The number of hydrogen-bond acceptors (Lipinski definition) is 5. The largest absolute Gasteiger partial charge is 0.497 e. The van der Waals surface area contributed by atoms with Crippen LogP contribution in [0.1, 0.15) is 10.4 Å². The summed E-state index contributed by atoms with van der Waals surface area (Å²) in [7, 11) is 3.06. The summed E-state index contributed by atoms with van der Waals surface area (Å²) in [6.45, 7) is 0. The average molecular weight is 251 g/mol. The van der Waals surface area contributed by atoms with Crippen LogP contribution in [0, 0.1) is 11.3 Å². The molecule has 0 aliphatic carbocycles. The molecule has 17 heavy (non-hydrogen) atoms. The molecular formula is C12H13NO3S. The van der Waals surface area contributed by atoms with Gasteiger partial charge in [0.15, 0.2) is 5.78 Å². The van der Waals surface area contributed by atoms with Crippen molar-refractivity contribution in [2.75, 3.05) is 25.7 Å². The molecule has 0 aliphatic rings. The van der Waals surface area contributed by atoms with E-state index in [2.05, 4.69) is 0 Å². The monoisotopic (exact) mass is 251 g/mol. The first-order chi connectivity index (χ1) is 8.22. The number of hydrogen-bond donors (Lipinski definition) is 0. The standard InChI is InChI=1S/C12H13NO3S/c1-15-9-3-4-10(12(7-9)16-2)11(14)8-17-6-5-13/h3-4,7H,6,8H2,1-2H3. The molecule has 0 aromatic heterocycles. The van der Waals surface area contributed by atoms with E-state index in [0.29, 0.717) is 22.8 Å². The Morgan fingerprint density at radius 3 is 2.76 bits per heavy atom. The van der Waals surface area contributed by atoms with Gasteiger partial charge in [0, 0.05) is 6.07 Å². The van der Waals surface area contributed by atoms with Gasteiger partial charge in [-0.25, -0.2) is 0 Å². The Labute approximate surface area is 105 Å². The minimum absolute atomic E-state index is 0.0512. The van der Waals surface area contributed by atoms with Crippen molar-refractivity contribution in [3.05, 3.63) is 23.8 Å². The molecule has 0 amide bonds. The second-order valence-corrected chi connectivity index (χ2v) is 4.13. The van der Waals surface area contributed by atoms with Gasteiger partial charge in [0.05, 0.1) is 37.4 Å². The van der Waals surface area contributed by atoms with E-state index in [-0.39, 0.29) is 11.5 Å². The molecule has 0 heterocycles. The summed E-state index contributed by atoms with van der Waals surface area (Å²) in [5, 5.41) is 8.40. The fourth-order valence-corrected chi connectivity index (χ4v) is 1.83. The highest BCUT2D eigenvalue weighted by atomic mass is 32.2. The van der Waals surface area contributed by atoms with Crippen LogP contribution in [-0.2, 0) is 0 Å². The van der Waals surface area contributed by atoms with Gasteiger partial charge in [-0.1, -0.05) is 0 Å². The van der Waals surface area contributed by atoms with E-state index in [9.17, 15) is 4.79 Å². The second-order valence-electron chi connectivity index (χ2n) is 3.14. The molecule has 0 bridgehead atoms. The third-order valence-electron chi connectivity index (χ3n) is 2.11. The molecule has 0 atom stereocenters. The second kappa shape index (κ2) is 6.81. The van der Waals surface area contributed by atoms with Crippen LogP contribution in [-0.4, -0.2) is 31.5 Å². The summed E-state index contributed by atoms with van der Waals surface area (Å²) >= 11 is 1.29. The van der Waals surface area contributed by atoms with Crippen LogP contribution in [0.2, 0.25) is 0 Å². The lowest BCUT2D eigenvalue weighted by atomic mass is 10.1. The number of thioether (sulfide) groups is 1. The van der Waals surface area contributed by atoms with Crippen LogP contribution in [0.5, 0.6) is 11.5 Å². The molecule has 0 aliphatic heterocycles. The highest BCUT2D eigenvalue weighted by Crippen LogP contribution is 2.25. The molecule has 0 unspecified atom stereocenters. The molecule has 1 rings (SSSR count). The molecule has 0 fully saturated rings. The van der Waals surface area contributed by atoms with E-state index in [4.69, 9.17) is 14.7 Å². The predicted octanol–water partition coefficient (Wildman–Crippen LogP) is 2.14. The van der Waals surface area contributed by atoms with E-state index in [1.165, 1.54) is 18.9 Å². The Bertz CT molecular complexity index is 440. The average Bonchev–Trinajstić information content (AvgIpc) is 2.38. The molecule has 0 spiro atoms. The fourth-order valence-electron chi connectivity index (χ4n) is 1.30. The van der Waals surface area contributed by atoms with Gasteiger partial charge in [-0.05, 0) is 12.1 Å². The van der Waals surface area contributed by atoms with Crippen molar-refractivity contribution in [2.45, 2.75) is 0 Å². The lowest BCUT2D eigenvalue weighted by molar-refractivity contribution is 0.101.